The van der Waals surface area contributed by atoms with Crippen molar-refractivity contribution in [3.8, 4) is 11.7 Å². The zero-order valence-electron chi connectivity index (χ0n) is 23.6. The van der Waals surface area contributed by atoms with Crippen LogP contribution in [0.3, 0.4) is 0 Å². The third-order valence-corrected chi connectivity index (χ3v) is 7.70. The molecule has 44 heavy (non-hydrogen) atoms. The van der Waals surface area contributed by atoms with Gasteiger partial charge in [0, 0.05) is 54.9 Å². The molecule has 6 rings (SSSR count). The van der Waals surface area contributed by atoms with E-state index in [0.29, 0.717) is 24.3 Å². The maximum Gasteiger partial charge on any atom is 0.490 e. The number of ether oxygens (including phenoxy) is 1. The molecule has 2 aliphatic rings. The highest BCUT2D eigenvalue weighted by molar-refractivity contribution is 6.08. The van der Waals surface area contributed by atoms with Crippen LogP contribution >= 0.6 is 0 Å². The molecule has 2 fully saturated rings. The number of likely N-dealkylation sites (tertiary alicyclic amines) is 1. The van der Waals surface area contributed by atoms with Crippen molar-refractivity contribution in [1.82, 2.24) is 24.8 Å². The van der Waals surface area contributed by atoms with Crippen LogP contribution in [-0.4, -0.2) is 89.1 Å². The number of piperazine rings is 1. The Morgan fingerprint density at radius 2 is 1.66 bits per heavy atom. The van der Waals surface area contributed by atoms with Gasteiger partial charge in [0.1, 0.15) is 12.4 Å². The van der Waals surface area contributed by atoms with Crippen LogP contribution in [0.4, 0.5) is 32.2 Å². The van der Waals surface area contributed by atoms with Crippen molar-refractivity contribution in [2.45, 2.75) is 31.2 Å². The average molecular weight is 625 g/mol. The minimum absolute atomic E-state index is 0.346. The Kier molecular flexibility index (Phi) is 8.88. The second kappa shape index (κ2) is 12.5. The van der Waals surface area contributed by atoms with Gasteiger partial charge >= 0.3 is 24.3 Å². The van der Waals surface area contributed by atoms with Gasteiger partial charge in [-0.15, -0.1) is 0 Å². The van der Waals surface area contributed by atoms with E-state index in [1.54, 1.807) is 0 Å². The SMILES string of the molecule is CN1CCC[C@H]1COc1nc(N2CCNCC2)c2ccc3c(ccn3-c3ccc(C(F)(F)F)cc3)c2n1.O=C(O)C(F)(F)F. The lowest BCUT2D eigenvalue weighted by atomic mass is 10.1. The van der Waals surface area contributed by atoms with Crippen molar-refractivity contribution in [3.63, 3.8) is 0 Å². The van der Waals surface area contributed by atoms with E-state index in [-0.39, 0.29) is 0 Å². The fraction of sp³-hybridized carbons (Fsp3) is 0.414. The van der Waals surface area contributed by atoms with Crippen LogP contribution in [0.5, 0.6) is 6.01 Å². The lowest BCUT2D eigenvalue weighted by Crippen LogP contribution is -2.44. The molecule has 4 aromatic rings. The van der Waals surface area contributed by atoms with Gasteiger partial charge in [0.05, 0.1) is 16.6 Å². The molecule has 0 radical (unpaired) electrons. The Balaban J connectivity index is 0.000000493. The average Bonchev–Trinajstić information content (AvgIpc) is 3.61. The van der Waals surface area contributed by atoms with E-state index < -0.39 is 23.9 Å². The topological polar surface area (TPSA) is 95.8 Å². The molecule has 2 aromatic carbocycles. The van der Waals surface area contributed by atoms with Crippen molar-refractivity contribution in [2.24, 2.45) is 0 Å². The van der Waals surface area contributed by atoms with Crippen molar-refractivity contribution < 1.29 is 41.0 Å². The number of carboxylic acid groups (broad SMARTS) is 1. The number of carboxylic acids is 1. The number of benzene rings is 2. The summed E-state index contributed by atoms with van der Waals surface area (Å²) in [6, 6.07) is 11.9. The number of halogens is 6. The number of carbonyl (C=O) groups is 1. The van der Waals surface area contributed by atoms with Crippen LogP contribution in [-0.2, 0) is 11.0 Å². The van der Waals surface area contributed by atoms with E-state index in [2.05, 4.69) is 22.2 Å². The number of likely N-dealkylation sites (N-methyl/N-ethyl adjacent to an activating group) is 1. The highest BCUT2D eigenvalue weighted by Crippen LogP contribution is 2.35. The number of aromatic nitrogens is 3. The summed E-state index contributed by atoms with van der Waals surface area (Å²) in [5.41, 5.74) is 1.63. The van der Waals surface area contributed by atoms with Crippen LogP contribution in [0.2, 0.25) is 0 Å². The third-order valence-electron chi connectivity index (χ3n) is 7.70. The molecule has 2 aliphatic heterocycles. The van der Waals surface area contributed by atoms with Crippen molar-refractivity contribution in [1.29, 1.82) is 0 Å². The largest absolute Gasteiger partial charge is 0.490 e. The highest BCUT2D eigenvalue weighted by Gasteiger charge is 2.38. The van der Waals surface area contributed by atoms with Gasteiger partial charge in [0.15, 0.2) is 0 Å². The van der Waals surface area contributed by atoms with Gasteiger partial charge in [-0.1, -0.05) is 0 Å². The van der Waals surface area contributed by atoms with E-state index in [4.69, 9.17) is 24.6 Å². The summed E-state index contributed by atoms with van der Waals surface area (Å²) in [5.74, 6) is -1.90. The first-order valence-corrected chi connectivity index (χ1v) is 13.9. The van der Waals surface area contributed by atoms with Crippen LogP contribution in [0, 0.1) is 0 Å². The monoisotopic (exact) mass is 624 g/mol. The number of nitrogens with zero attached hydrogens (tertiary/aromatic N) is 5. The van der Waals surface area contributed by atoms with Crippen molar-refractivity contribution >= 4 is 33.6 Å². The molecule has 2 saturated heterocycles. The van der Waals surface area contributed by atoms with Crippen LogP contribution in [0.1, 0.15) is 18.4 Å². The molecule has 2 N–H and O–H groups in total. The normalized spacial score (nSPS) is 18.0. The number of alkyl halides is 6. The summed E-state index contributed by atoms with van der Waals surface area (Å²) in [5, 5.41) is 12.3. The van der Waals surface area contributed by atoms with Gasteiger partial charge in [-0.25, -0.2) is 4.79 Å². The Labute approximate surface area is 248 Å². The molecule has 0 amide bonds. The van der Waals surface area contributed by atoms with Crippen LogP contribution in [0.15, 0.2) is 48.7 Å². The standard InChI is InChI=1S/C27H29F3N6O.C2HF3O2/c1-34-13-2-3-20(34)17-37-26-32-24-21-10-14-36(19-6-4-18(5-7-19)27(28,29)30)23(21)9-8-22(24)25(33-26)35-15-11-31-12-16-35;3-2(4,5)1(6)7/h4-10,14,20,31H,2-3,11-13,15-17H2,1H3;(H,6,7)/t20-;/m0./s1. The predicted octanol–water partition coefficient (Wildman–Crippen LogP) is 5.11. The first-order valence-electron chi connectivity index (χ1n) is 13.9. The number of aliphatic carboxylic acids is 1. The Hall–Kier alpha value is -4.11. The fourth-order valence-electron chi connectivity index (χ4n) is 5.35. The number of hydrogen-bond acceptors (Lipinski definition) is 7. The summed E-state index contributed by atoms with van der Waals surface area (Å²) in [4.78, 5) is 23.1. The maximum absolute atomic E-state index is 13.1. The minimum atomic E-state index is -5.08. The van der Waals surface area contributed by atoms with Gasteiger partial charge < -0.3 is 29.5 Å². The second-order valence-corrected chi connectivity index (χ2v) is 10.6. The van der Waals surface area contributed by atoms with E-state index in [1.165, 1.54) is 12.1 Å². The Morgan fingerprint density at radius 3 is 2.25 bits per heavy atom. The molecule has 15 heteroatoms. The van der Waals surface area contributed by atoms with Gasteiger partial charge in [0.25, 0.3) is 0 Å². The smallest absolute Gasteiger partial charge is 0.475 e. The Morgan fingerprint density at radius 1 is 0.977 bits per heavy atom. The number of nitrogens with one attached hydrogen (secondary N) is 1. The predicted molar refractivity (Wildman–Crippen MR) is 151 cm³/mol. The van der Waals surface area contributed by atoms with Crippen molar-refractivity contribution in [2.75, 3.05) is 51.3 Å². The minimum Gasteiger partial charge on any atom is -0.475 e. The van der Waals surface area contributed by atoms with Crippen molar-refractivity contribution in [3.05, 3.63) is 54.2 Å². The van der Waals surface area contributed by atoms with Crippen LogP contribution in [0.25, 0.3) is 27.5 Å². The summed E-state index contributed by atoms with van der Waals surface area (Å²) >= 11 is 0. The zero-order valence-corrected chi connectivity index (χ0v) is 23.6. The maximum atomic E-state index is 13.1. The molecule has 0 aliphatic carbocycles. The van der Waals surface area contributed by atoms with E-state index in [1.807, 2.05) is 29.0 Å². The van der Waals surface area contributed by atoms with Gasteiger partial charge in [0.2, 0.25) is 0 Å². The van der Waals surface area contributed by atoms with Gasteiger partial charge in [-0.3, -0.25) is 0 Å². The van der Waals surface area contributed by atoms with Crippen LogP contribution < -0.4 is 15.0 Å². The number of anilines is 1. The molecular weight excluding hydrogens is 594 g/mol. The molecule has 236 valence electrons. The number of hydrogen-bond donors (Lipinski definition) is 2. The molecule has 0 bridgehead atoms. The van der Waals surface area contributed by atoms with Gasteiger partial charge in [-0.2, -0.15) is 36.3 Å². The highest BCUT2D eigenvalue weighted by atomic mass is 19.4. The number of rotatable bonds is 5. The first-order chi connectivity index (χ1) is 20.8. The lowest BCUT2D eigenvalue weighted by Gasteiger charge is -2.29. The third kappa shape index (κ3) is 6.83. The quantitative estimate of drug-likeness (QED) is 0.296. The van der Waals surface area contributed by atoms with E-state index in [9.17, 15) is 26.3 Å². The van der Waals surface area contributed by atoms with E-state index >= 15 is 0 Å². The fourth-order valence-corrected chi connectivity index (χ4v) is 5.35. The lowest BCUT2D eigenvalue weighted by molar-refractivity contribution is -0.192. The van der Waals surface area contributed by atoms with Gasteiger partial charge in [-0.05, 0) is 68.9 Å². The van der Waals surface area contributed by atoms with E-state index in [0.717, 1.165) is 85.3 Å². The summed E-state index contributed by atoms with van der Waals surface area (Å²) < 4.78 is 79.0. The molecule has 1 atom stereocenters. The first kappa shape index (κ1) is 31.3. The molecule has 2 aromatic heterocycles. The number of fused-ring (bicyclic) bond motifs is 3. The molecule has 0 unspecified atom stereocenters. The molecule has 9 nitrogen and oxygen atoms in total. The zero-order chi connectivity index (χ0) is 31.6. The summed E-state index contributed by atoms with van der Waals surface area (Å²) in [6.07, 6.45) is -5.33. The second-order valence-electron chi connectivity index (χ2n) is 10.6. The summed E-state index contributed by atoms with van der Waals surface area (Å²) in [6.45, 7) is 5.02. The summed E-state index contributed by atoms with van der Waals surface area (Å²) in [7, 11) is 2.11. The molecule has 0 spiro atoms. The molecular formula is C29H30F6N6O3. The molecule has 0 saturated carbocycles. The molecule has 4 heterocycles. The Bertz CT molecular complexity index is 1620.